The van der Waals surface area contributed by atoms with E-state index < -0.39 is 0 Å². The molecule has 12 nitrogen and oxygen atoms in total. The zero-order chi connectivity index (χ0) is 75.3. The molecule has 0 atom stereocenters. The summed E-state index contributed by atoms with van der Waals surface area (Å²) in [4.78, 5) is 114. The van der Waals surface area contributed by atoms with Crippen molar-refractivity contribution in [2.75, 3.05) is 22.9 Å². The maximum atomic E-state index is 13.7. The Hall–Kier alpha value is -13.3. The van der Waals surface area contributed by atoms with Gasteiger partial charge in [0.15, 0.2) is 0 Å². The second kappa shape index (κ2) is 29.4. The molecule has 0 bridgehead atoms. The monoisotopic (exact) mass is 1440 g/mol. The van der Waals surface area contributed by atoms with Crippen molar-refractivity contribution in [3.05, 3.63) is 324 Å². The molecule has 18 rings (SSSR count). The van der Waals surface area contributed by atoms with Crippen LogP contribution in [0.25, 0.3) is 110 Å². The number of carbonyl (C=O) groups is 8. The Balaban J connectivity index is 0.000000163. The van der Waals surface area contributed by atoms with Gasteiger partial charge in [0, 0.05) is 79.1 Å². The molecule has 0 unspecified atom stereocenters. The van der Waals surface area contributed by atoms with E-state index in [1.807, 2.05) is 146 Å². The van der Waals surface area contributed by atoms with Crippen LogP contribution in [0.1, 0.15) is 161 Å². The quantitative estimate of drug-likeness (QED) is 0.0541. The Morgan fingerprint density at radius 3 is 0.673 bits per heavy atom. The lowest BCUT2D eigenvalue weighted by Crippen LogP contribution is -2.40. The van der Waals surface area contributed by atoms with Gasteiger partial charge in [-0.25, -0.2) is 9.80 Å². The maximum absolute atomic E-state index is 13.7. The van der Waals surface area contributed by atoms with Gasteiger partial charge in [-0.05, 0) is 174 Å². The molecule has 4 heterocycles. The molecule has 0 radical (unpaired) electrons. The molecule has 0 fully saturated rings. The topological polar surface area (TPSA) is 150 Å². The molecule has 14 aromatic rings. The summed E-state index contributed by atoms with van der Waals surface area (Å²) in [5.74, 6) is -2.15. The number of rotatable bonds is 20. The predicted molar refractivity (Wildman–Crippen MR) is 439 cm³/mol. The maximum Gasteiger partial charge on any atom is 0.265 e. The third kappa shape index (κ3) is 12.2. The summed E-state index contributed by atoms with van der Waals surface area (Å²) in [5, 5.41) is 6.32. The lowest BCUT2D eigenvalue weighted by Gasteiger charge is -2.28. The molecular formula is C98H76N4O8. The smallest absolute Gasteiger partial charge is 0.265 e. The van der Waals surface area contributed by atoms with E-state index in [2.05, 4.69) is 111 Å². The highest BCUT2D eigenvalue weighted by Crippen LogP contribution is 2.44. The van der Waals surface area contributed by atoms with E-state index in [1.165, 1.54) is 19.6 Å². The van der Waals surface area contributed by atoms with E-state index >= 15 is 0 Å². The number of unbranched alkanes of at least 4 members (excludes halogenated alkanes) is 8. The van der Waals surface area contributed by atoms with Gasteiger partial charge in [-0.1, -0.05) is 271 Å². The van der Waals surface area contributed by atoms with Crippen LogP contribution >= 0.6 is 0 Å². The van der Waals surface area contributed by atoms with E-state index in [1.54, 1.807) is 36.4 Å². The molecule has 0 spiro atoms. The van der Waals surface area contributed by atoms with Gasteiger partial charge in [0.05, 0.1) is 11.4 Å². The summed E-state index contributed by atoms with van der Waals surface area (Å²) in [6, 6.07) is 89.6. The van der Waals surface area contributed by atoms with Crippen LogP contribution in [0.15, 0.2) is 279 Å². The lowest BCUT2D eigenvalue weighted by atomic mass is 9.87. The molecule has 0 aliphatic carbocycles. The minimum atomic E-state index is -0.322. The minimum absolute atomic E-state index is 0.217. The molecule has 8 amide bonds. The second-order valence-corrected chi connectivity index (χ2v) is 28.8. The van der Waals surface area contributed by atoms with Crippen LogP contribution in [0.3, 0.4) is 0 Å². The first-order valence-electron chi connectivity index (χ1n) is 38.1. The van der Waals surface area contributed by atoms with Crippen molar-refractivity contribution >= 4 is 102 Å². The molecule has 14 aromatic carbocycles. The molecule has 536 valence electrons. The number of hydrogen-bond donors (Lipinski definition) is 0. The fraction of sp³-hybridized carbons (Fsp3) is 0.143. The van der Waals surface area contributed by atoms with Crippen LogP contribution < -0.4 is 9.80 Å². The highest BCUT2D eigenvalue weighted by atomic mass is 16.2. The minimum Gasteiger partial charge on any atom is -0.274 e. The normalized spacial score (nSPS) is 13.7. The summed E-state index contributed by atoms with van der Waals surface area (Å²) in [6.07, 6.45) is 10.5. The van der Waals surface area contributed by atoms with Crippen molar-refractivity contribution in [3.8, 4) is 66.8 Å². The fourth-order valence-electron chi connectivity index (χ4n) is 16.6. The van der Waals surface area contributed by atoms with Crippen LogP contribution in [0.2, 0.25) is 0 Å². The van der Waals surface area contributed by atoms with E-state index in [9.17, 15) is 38.4 Å². The second-order valence-electron chi connectivity index (χ2n) is 28.8. The van der Waals surface area contributed by atoms with Crippen LogP contribution in [0.5, 0.6) is 0 Å². The van der Waals surface area contributed by atoms with Gasteiger partial charge >= 0.3 is 0 Å². The molecule has 0 aromatic heterocycles. The lowest BCUT2D eigenvalue weighted by molar-refractivity contribution is 0.0592. The van der Waals surface area contributed by atoms with Crippen LogP contribution in [-0.2, 0) is 0 Å². The molecule has 110 heavy (non-hydrogen) atoms. The van der Waals surface area contributed by atoms with Gasteiger partial charge in [0.1, 0.15) is 0 Å². The number of benzene rings is 14. The van der Waals surface area contributed by atoms with E-state index in [0.717, 1.165) is 163 Å². The zero-order valence-corrected chi connectivity index (χ0v) is 61.1. The Morgan fingerprint density at radius 2 is 0.409 bits per heavy atom. The Bertz CT molecular complexity index is 5650. The van der Waals surface area contributed by atoms with E-state index in [0.29, 0.717) is 79.7 Å². The van der Waals surface area contributed by atoms with Gasteiger partial charge in [0.2, 0.25) is 0 Å². The molecule has 0 saturated carbocycles. The first-order valence-corrected chi connectivity index (χ1v) is 38.1. The molecule has 12 heteroatoms. The average molecular weight is 1440 g/mol. The SMILES string of the molecule is CCCCCCCN1C(=O)c2cccc3c(-c4ccc(-c5ccc6c7c(cccc57)C(=O)N(CCCCCCC)C6=O)cc4)ccc(c23)C1=O.O=C1c2cccc3c(-c4ccc(-c5ccc(-c6ccc(-c7ccc8c9c(cccc79)C(=O)N(c7ccccc7)C8=O)cc6)cc5)cc4)ccc(c23)C(=O)N1c1ccccc1. The summed E-state index contributed by atoms with van der Waals surface area (Å²) in [6.45, 7) is 5.23. The number of anilines is 2. The summed E-state index contributed by atoms with van der Waals surface area (Å²) < 4.78 is 0. The number of para-hydroxylation sites is 2. The largest absolute Gasteiger partial charge is 0.274 e. The van der Waals surface area contributed by atoms with Crippen molar-refractivity contribution < 1.29 is 38.4 Å². The van der Waals surface area contributed by atoms with Crippen molar-refractivity contribution in [2.24, 2.45) is 0 Å². The molecule has 0 N–H and O–H groups in total. The van der Waals surface area contributed by atoms with Crippen molar-refractivity contribution in [3.63, 3.8) is 0 Å². The third-order valence-electron chi connectivity index (χ3n) is 22.2. The van der Waals surface area contributed by atoms with Crippen molar-refractivity contribution in [1.29, 1.82) is 0 Å². The highest BCUT2D eigenvalue weighted by Gasteiger charge is 2.38. The predicted octanol–water partition coefficient (Wildman–Crippen LogP) is 22.7. The van der Waals surface area contributed by atoms with Gasteiger partial charge in [-0.3, -0.25) is 48.2 Å². The molecule has 0 saturated heterocycles. The third-order valence-corrected chi connectivity index (χ3v) is 22.2. The van der Waals surface area contributed by atoms with E-state index in [4.69, 9.17) is 0 Å². The number of amides is 8. The van der Waals surface area contributed by atoms with Crippen LogP contribution in [0.4, 0.5) is 11.4 Å². The van der Waals surface area contributed by atoms with Gasteiger partial charge in [-0.2, -0.15) is 0 Å². The Morgan fingerprint density at radius 1 is 0.191 bits per heavy atom. The number of hydrogen-bond acceptors (Lipinski definition) is 8. The summed E-state index contributed by atoms with van der Waals surface area (Å²) in [5.41, 5.74) is 17.5. The fourth-order valence-corrected chi connectivity index (χ4v) is 16.6. The summed E-state index contributed by atoms with van der Waals surface area (Å²) >= 11 is 0. The first-order chi connectivity index (χ1) is 53.9. The Labute approximate surface area is 637 Å². The van der Waals surface area contributed by atoms with Crippen LogP contribution in [-0.4, -0.2) is 70.1 Å². The molecular weight excluding hydrogens is 1360 g/mol. The standard InChI is InChI=1S/C54H32N2O4.C44H44N2O4/c57-51-45-15-7-13-43-41(29-31-47(49(43)45)53(59)55(51)39-9-3-1-4-10-39)37-25-21-35(22-26-37)33-17-19-34(20-18-33)36-23-27-38(28-24-36)42-30-32-48-50-44(42)14-8-16-46(50)52(58)56(54(48)60)40-11-5-2-6-12-40;1-3-5-7-9-11-27-45-41(47)35-17-13-15-33-31(23-25-37(39(33)35)43(45)49)29-19-21-30(22-20-29)32-24-26-38-40-34(32)16-14-18-36(40)42(48)46(44(38)50)28-12-10-8-6-4-2/h1-32H;13-26H,3-12,27-28H2,1-2H3. The number of carbonyl (C=O) groups excluding carboxylic acids is 8. The molecule has 4 aliphatic rings. The zero-order valence-electron chi connectivity index (χ0n) is 61.1. The first kappa shape index (κ1) is 69.7. The van der Waals surface area contributed by atoms with Gasteiger partial charge < -0.3 is 0 Å². The average Bonchev–Trinajstić information content (AvgIpc) is 0.750. The van der Waals surface area contributed by atoms with Crippen molar-refractivity contribution in [1.82, 2.24) is 9.80 Å². The number of imide groups is 4. The highest BCUT2D eigenvalue weighted by molar-refractivity contribution is 6.38. The van der Waals surface area contributed by atoms with E-state index in [-0.39, 0.29) is 47.3 Å². The van der Waals surface area contributed by atoms with Crippen molar-refractivity contribution in [2.45, 2.75) is 78.1 Å². The van der Waals surface area contributed by atoms with Crippen LogP contribution in [0, 0.1) is 0 Å². The van der Waals surface area contributed by atoms with Gasteiger partial charge in [-0.15, -0.1) is 0 Å². The Kier molecular flexibility index (Phi) is 18.7. The summed E-state index contributed by atoms with van der Waals surface area (Å²) in [7, 11) is 0. The van der Waals surface area contributed by atoms with Gasteiger partial charge in [0.25, 0.3) is 47.3 Å². The number of nitrogens with zero attached hydrogens (tertiary/aromatic N) is 4. The molecule has 4 aliphatic heterocycles.